The van der Waals surface area contributed by atoms with E-state index in [1.165, 1.54) is 17.0 Å². The highest BCUT2D eigenvalue weighted by atomic mass is 32.1. The smallest absolute Gasteiger partial charge is 0.123 e. The summed E-state index contributed by atoms with van der Waals surface area (Å²) in [5, 5.41) is 1.01. The second kappa shape index (κ2) is 5.16. The molecule has 1 aromatic carbocycles. The first-order chi connectivity index (χ1) is 8.47. The van der Waals surface area contributed by atoms with E-state index in [-0.39, 0.29) is 11.9 Å². The Morgan fingerprint density at radius 3 is 2.67 bits per heavy atom. The van der Waals surface area contributed by atoms with Crippen molar-refractivity contribution in [2.24, 2.45) is 5.73 Å². The summed E-state index contributed by atoms with van der Waals surface area (Å²) >= 11 is 1.66. The Balaban J connectivity index is 2.21. The molecule has 96 valence electrons. The van der Waals surface area contributed by atoms with Gasteiger partial charge in [-0.2, -0.15) is 0 Å². The summed E-state index contributed by atoms with van der Waals surface area (Å²) in [6.45, 7) is 6.00. The van der Waals surface area contributed by atoms with Gasteiger partial charge in [-0.05, 0) is 44.0 Å². The first-order valence-electron chi connectivity index (χ1n) is 5.92. The van der Waals surface area contributed by atoms with Gasteiger partial charge >= 0.3 is 0 Å². The molecule has 1 aromatic heterocycles. The molecule has 0 saturated heterocycles. The van der Waals surface area contributed by atoms with Crippen LogP contribution in [0.1, 0.15) is 32.7 Å². The molecule has 0 aliphatic rings. The fourth-order valence-corrected chi connectivity index (χ4v) is 2.93. The zero-order valence-corrected chi connectivity index (χ0v) is 11.6. The minimum atomic E-state index is -0.238. The van der Waals surface area contributed by atoms with Crippen LogP contribution in [0, 0.1) is 26.6 Å². The van der Waals surface area contributed by atoms with Gasteiger partial charge in [0.2, 0.25) is 0 Å². The highest BCUT2D eigenvalue weighted by molar-refractivity contribution is 7.11. The van der Waals surface area contributed by atoms with Crippen LogP contribution in [0.2, 0.25) is 0 Å². The van der Waals surface area contributed by atoms with E-state index in [1.807, 2.05) is 13.8 Å². The molecule has 2 N–H and O–H groups in total. The van der Waals surface area contributed by atoms with Crippen molar-refractivity contribution in [1.29, 1.82) is 0 Å². The van der Waals surface area contributed by atoms with E-state index in [0.29, 0.717) is 6.42 Å². The average molecular weight is 264 g/mol. The highest BCUT2D eigenvalue weighted by Gasteiger charge is 2.13. The van der Waals surface area contributed by atoms with Gasteiger partial charge in [0.25, 0.3) is 0 Å². The number of hydrogen-bond acceptors (Lipinski definition) is 3. The van der Waals surface area contributed by atoms with Gasteiger partial charge in [-0.25, -0.2) is 9.37 Å². The van der Waals surface area contributed by atoms with Crippen molar-refractivity contribution in [3.63, 3.8) is 0 Å². The van der Waals surface area contributed by atoms with Crippen LogP contribution in [-0.2, 0) is 6.42 Å². The summed E-state index contributed by atoms with van der Waals surface area (Å²) in [5.74, 6) is -0.238. The number of nitrogens with zero attached hydrogens (tertiary/aromatic N) is 1. The van der Waals surface area contributed by atoms with Crippen LogP contribution in [0.5, 0.6) is 0 Å². The van der Waals surface area contributed by atoms with Crippen molar-refractivity contribution < 1.29 is 4.39 Å². The number of nitrogens with two attached hydrogens (primary N) is 1. The molecule has 1 atom stereocenters. The predicted molar refractivity (Wildman–Crippen MR) is 73.4 cm³/mol. The van der Waals surface area contributed by atoms with Crippen LogP contribution in [-0.4, -0.2) is 4.98 Å². The summed E-state index contributed by atoms with van der Waals surface area (Å²) in [4.78, 5) is 5.69. The van der Waals surface area contributed by atoms with Gasteiger partial charge in [0, 0.05) is 17.3 Å². The van der Waals surface area contributed by atoms with E-state index in [2.05, 4.69) is 11.9 Å². The van der Waals surface area contributed by atoms with Gasteiger partial charge in [0.05, 0.1) is 10.7 Å². The van der Waals surface area contributed by atoms with Crippen molar-refractivity contribution >= 4 is 11.3 Å². The van der Waals surface area contributed by atoms with E-state index in [0.717, 1.165) is 21.8 Å². The third kappa shape index (κ3) is 2.76. The van der Waals surface area contributed by atoms with Gasteiger partial charge in [-0.15, -0.1) is 11.3 Å². The second-order valence-electron chi connectivity index (χ2n) is 4.56. The lowest BCUT2D eigenvalue weighted by Gasteiger charge is -2.13. The van der Waals surface area contributed by atoms with E-state index in [1.54, 1.807) is 17.4 Å². The number of thiazole rings is 1. The topological polar surface area (TPSA) is 38.9 Å². The molecule has 4 heteroatoms. The number of aryl methyl sites for hydroxylation is 3. The molecular formula is C14H17FN2S. The van der Waals surface area contributed by atoms with E-state index in [4.69, 9.17) is 5.73 Å². The number of benzene rings is 1. The maximum absolute atomic E-state index is 13.2. The van der Waals surface area contributed by atoms with Gasteiger partial charge in [-0.1, -0.05) is 6.07 Å². The largest absolute Gasteiger partial charge is 0.324 e. The zero-order valence-electron chi connectivity index (χ0n) is 10.8. The molecule has 0 amide bonds. The van der Waals surface area contributed by atoms with Gasteiger partial charge in [-0.3, -0.25) is 0 Å². The SMILES string of the molecule is Cc1ccc(F)cc1C(N)Cc1nc(C)c(C)s1. The van der Waals surface area contributed by atoms with Crippen molar-refractivity contribution in [2.45, 2.75) is 33.2 Å². The van der Waals surface area contributed by atoms with Crippen molar-refractivity contribution in [3.05, 3.63) is 50.7 Å². The lowest BCUT2D eigenvalue weighted by molar-refractivity contribution is 0.617. The number of halogens is 1. The molecule has 0 spiro atoms. The maximum Gasteiger partial charge on any atom is 0.123 e. The quantitative estimate of drug-likeness (QED) is 0.922. The Morgan fingerprint density at radius 2 is 2.06 bits per heavy atom. The summed E-state index contributed by atoms with van der Waals surface area (Å²) in [6.07, 6.45) is 0.656. The molecule has 0 aliphatic carbocycles. The molecule has 0 radical (unpaired) electrons. The summed E-state index contributed by atoms with van der Waals surface area (Å²) < 4.78 is 13.2. The van der Waals surface area contributed by atoms with Crippen LogP contribution in [0.3, 0.4) is 0 Å². The second-order valence-corrected chi connectivity index (χ2v) is 5.85. The molecule has 1 unspecified atom stereocenters. The molecule has 2 nitrogen and oxygen atoms in total. The number of hydrogen-bond donors (Lipinski definition) is 1. The van der Waals surface area contributed by atoms with Crippen LogP contribution < -0.4 is 5.73 Å². The van der Waals surface area contributed by atoms with Crippen LogP contribution in [0.4, 0.5) is 4.39 Å². The first kappa shape index (κ1) is 13.2. The standard InChI is InChI=1S/C14H17FN2S/c1-8-4-5-11(15)6-12(8)13(16)7-14-17-9(2)10(3)18-14/h4-6,13H,7,16H2,1-3H3. The Hall–Kier alpha value is -1.26. The summed E-state index contributed by atoms with van der Waals surface area (Å²) in [5.41, 5.74) is 9.09. The minimum Gasteiger partial charge on any atom is -0.324 e. The van der Waals surface area contributed by atoms with Crippen molar-refractivity contribution in [3.8, 4) is 0 Å². The van der Waals surface area contributed by atoms with Crippen LogP contribution >= 0.6 is 11.3 Å². The third-order valence-electron chi connectivity index (χ3n) is 3.11. The minimum absolute atomic E-state index is 0.203. The fourth-order valence-electron chi connectivity index (χ4n) is 1.94. The molecule has 1 heterocycles. The molecule has 0 aliphatic heterocycles. The van der Waals surface area contributed by atoms with Gasteiger partial charge in [0.1, 0.15) is 5.82 Å². The van der Waals surface area contributed by atoms with Gasteiger partial charge in [0.15, 0.2) is 0 Å². The van der Waals surface area contributed by atoms with E-state index in [9.17, 15) is 4.39 Å². The molecule has 2 aromatic rings. The average Bonchev–Trinajstić information content (AvgIpc) is 2.61. The maximum atomic E-state index is 13.2. The zero-order chi connectivity index (χ0) is 13.3. The van der Waals surface area contributed by atoms with Gasteiger partial charge < -0.3 is 5.73 Å². The monoisotopic (exact) mass is 264 g/mol. The number of rotatable bonds is 3. The summed E-state index contributed by atoms with van der Waals surface area (Å²) in [6, 6.07) is 4.55. The van der Waals surface area contributed by atoms with Crippen LogP contribution in [0.25, 0.3) is 0 Å². The highest BCUT2D eigenvalue weighted by Crippen LogP contribution is 2.24. The lowest BCUT2D eigenvalue weighted by atomic mass is 9.99. The Morgan fingerprint density at radius 1 is 1.33 bits per heavy atom. The molecular weight excluding hydrogens is 247 g/mol. The predicted octanol–water partition coefficient (Wildman–Crippen LogP) is 3.45. The molecule has 0 bridgehead atoms. The van der Waals surface area contributed by atoms with E-state index < -0.39 is 0 Å². The van der Waals surface area contributed by atoms with E-state index >= 15 is 0 Å². The normalized spacial score (nSPS) is 12.7. The molecule has 0 saturated carbocycles. The first-order valence-corrected chi connectivity index (χ1v) is 6.73. The molecule has 0 fully saturated rings. The Kier molecular flexibility index (Phi) is 3.78. The Bertz CT molecular complexity index is 543. The molecule has 18 heavy (non-hydrogen) atoms. The molecule has 2 rings (SSSR count). The Labute approximate surface area is 111 Å². The van der Waals surface area contributed by atoms with Crippen molar-refractivity contribution in [1.82, 2.24) is 4.98 Å². The fraction of sp³-hybridized carbons (Fsp3) is 0.357. The van der Waals surface area contributed by atoms with Crippen LogP contribution in [0.15, 0.2) is 18.2 Å². The summed E-state index contributed by atoms with van der Waals surface area (Å²) in [7, 11) is 0. The lowest BCUT2D eigenvalue weighted by Crippen LogP contribution is -2.15. The van der Waals surface area contributed by atoms with Crippen molar-refractivity contribution in [2.75, 3.05) is 0 Å². The number of aromatic nitrogens is 1. The third-order valence-corrected chi connectivity index (χ3v) is 4.20.